The van der Waals surface area contributed by atoms with Crippen LogP contribution in [0.1, 0.15) is 46.0 Å². The minimum atomic E-state index is -0.397. The summed E-state index contributed by atoms with van der Waals surface area (Å²) in [5, 5.41) is 12.8. The van der Waals surface area contributed by atoms with E-state index in [1.807, 2.05) is 11.8 Å². The van der Waals surface area contributed by atoms with Crippen LogP contribution in [0.2, 0.25) is 0 Å². The zero-order valence-electron chi connectivity index (χ0n) is 11.7. The van der Waals surface area contributed by atoms with Gasteiger partial charge in [-0.3, -0.25) is 4.79 Å². The van der Waals surface area contributed by atoms with E-state index in [4.69, 9.17) is 0 Å². The quantitative estimate of drug-likeness (QED) is 0.749. The molecule has 1 aliphatic rings. The van der Waals surface area contributed by atoms with Crippen LogP contribution >= 0.6 is 11.8 Å². The number of aliphatic hydroxyl groups excluding tert-OH is 1. The normalized spacial score (nSPS) is 18.9. The van der Waals surface area contributed by atoms with Crippen molar-refractivity contribution in [2.45, 2.75) is 52.1 Å². The van der Waals surface area contributed by atoms with Gasteiger partial charge in [0.1, 0.15) is 0 Å². The van der Waals surface area contributed by atoms with Crippen LogP contribution in [0.4, 0.5) is 0 Å². The van der Waals surface area contributed by atoms with Crippen molar-refractivity contribution in [1.82, 2.24) is 5.32 Å². The van der Waals surface area contributed by atoms with Crippen LogP contribution in [0.5, 0.6) is 0 Å². The number of rotatable bonds is 7. The van der Waals surface area contributed by atoms with Gasteiger partial charge in [0.2, 0.25) is 5.91 Å². The first-order valence-corrected chi connectivity index (χ1v) is 8.35. The van der Waals surface area contributed by atoms with Gasteiger partial charge in [-0.25, -0.2) is 0 Å². The molecule has 1 heterocycles. The second-order valence-corrected chi connectivity index (χ2v) is 6.43. The van der Waals surface area contributed by atoms with Crippen LogP contribution in [-0.4, -0.2) is 35.2 Å². The average Bonchev–Trinajstić information content (AvgIpc) is 2.39. The average molecular weight is 273 g/mol. The molecule has 0 saturated carbocycles. The Bertz CT molecular complexity index is 238. The molecule has 1 aliphatic heterocycles. The molecule has 3 nitrogen and oxygen atoms in total. The number of amides is 1. The predicted molar refractivity (Wildman–Crippen MR) is 77.8 cm³/mol. The topological polar surface area (TPSA) is 49.3 Å². The summed E-state index contributed by atoms with van der Waals surface area (Å²) in [4.78, 5) is 11.8. The highest BCUT2D eigenvalue weighted by Gasteiger charge is 2.19. The van der Waals surface area contributed by atoms with Gasteiger partial charge in [0, 0.05) is 13.0 Å². The highest BCUT2D eigenvalue weighted by Crippen LogP contribution is 2.25. The fraction of sp³-hybridized carbons (Fsp3) is 0.929. The summed E-state index contributed by atoms with van der Waals surface area (Å²) >= 11 is 1.98. The van der Waals surface area contributed by atoms with E-state index in [1.54, 1.807) is 0 Å². The van der Waals surface area contributed by atoms with E-state index in [2.05, 4.69) is 19.2 Å². The van der Waals surface area contributed by atoms with Crippen LogP contribution in [0.3, 0.4) is 0 Å². The molecule has 1 unspecified atom stereocenters. The number of carbonyl (C=O) groups excluding carboxylic acids is 1. The Hall–Kier alpha value is -0.220. The number of nitrogens with one attached hydrogen (secondary N) is 1. The Morgan fingerprint density at radius 3 is 2.50 bits per heavy atom. The summed E-state index contributed by atoms with van der Waals surface area (Å²) in [5.74, 6) is 3.34. The zero-order chi connectivity index (χ0) is 13.4. The van der Waals surface area contributed by atoms with Gasteiger partial charge in [-0.1, -0.05) is 26.7 Å². The van der Waals surface area contributed by atoms with E-state index in [0.29, 0.717) is 24.8 Å². The predicted octanol–water partition coefficient (Wildman–Crippen LogP) is 2.43. The van der Waals surface area contributed by atoms with Gasteiger partial charge >= 0.3 is 0 Å². The largest absolute Gasteiger partial charge is 0.391 e. The van der Waals surface area contributed by atoms with Gasteiger partial charge in [-0.05, 0) is 36.2 Å². The maximum atomic E-state index is 11.8. The number of hydrogen-bond acceptors (Lipinski definition) is 3. The smallest absolute Gasteiger partial charge is 0.220 e. The molecule has 1 rings (SSSR count). The Morgan fingerprint density at radius 2 is 1.94 bits per heavy atom. The lowest BCUT2D eigenvalue weighted by Gasteiger charge is -2.23. The minimum absolute atomic E-state index is 0.108. The van der Waals surface area contributed by atoms with Crippen molar-refractivity contribution in [3.8, 4) is 0 Å². The molecule has 1 amide bonds. The lowest BCUT2D eigenvalue weighted by molar-refractivity contribution is -0.122. The Labute approximate surface area is 115 Å². The maximum Gasteiger partial charge on any atom is 0.220 e. The van der Waals surface area contributed by atoms with Crippen molar-refractivity contribution in [2.75, 3.05) is 18.1 Å². The third kappa shape index (κ3) is 5.61. The summed E-state index contributed by atoms with van der Waals surface area (Å²) in [5.41, 5.74) is 0. The highest BCUT2D eigenvalue weighted by atomic mass is 32.2. The van der Waals surface area contributed by atoms with Crippen molar-refractivity contribution in [1.29, 1.82) is 0 Å². The van der Waals surface area contributed by atoms with E-state index in [9.17, 15) is 9.90 Å². The van der Waals surface area contributed by atoms with Crippen molar-refractivity contribution < 1.29 is 9.90 Å². The van der Waals surface area contributed by atoms with E-state index in [-0.39, 0.29) is 5.91 Å². The van der Waals surface area contributed by atoms with E-state index < -0.39 is 6.10 Å². The van der Waals surface area contributed by atoms with Gasteiger partial charge < -0.3 is 10.4 Å². The molecule has 0 aromatic carbocycles. The van der Waals surface area contributed by atoms with Crippen molar-refractivity contribution in [2.24, 2.45) is 11.8 Å². The van der Waals surface area contributed by atoms with Crippen LogP contribution in [0.25, 0.3) is 0 Å². The summed E-state index contributed by atoms with van der Waals surface area (Å²) in [6, 6.07) is 0. The molecular formula is C14H27NO2S. The Kier molecular flexibility index (Phi) is 7.75. The minimum Gasteiger partial charge on any atom is -0.391 e. The molecule has 18 heavy (non-hydrogen) atoms. The molecule has 0 aromatic rings. The van der Waals surface area contributed by atoms with Crippen LogP contribution in [0.15, 0.2) is 0 Å². The molecular weight excluding hydrogens is 246 g/mol. The first-order chi connectivity index (χ1) is 8.67. The third-order valence-electron chi connectivity index (χ3n) is 3.92. The molecule has 4 heteroatoms. The van der Waals surface area contributed by atoms with Crippen LogP contribution < -0.4 is 5.32 Å². The highest BCUT2D eigenvalue weighted by molar-refractivity contribution is 7.99. The summed E-state index contributed by atoms with van der Waals surface area (Å²) < 4.78 is 0. The zero-order valence-corrected chi connectivity index (χ0v) is 12.5. The van der Waals surface area contributed by atoms with E-state index >= 15 is 0 Å². The second-order valence-electron chi connectivity index (χ2n) is 5.21. The first kappa shape index (κ1) is 15.8. The first-order valence-electron chi connectivity index (χ1n) is 7.19. The molecule has 0 aromatic heterocycles. The molecule has 0 bridgehead atoms. The molecule has 1 saturated heterocycles. The number of carbonyl (C=O) groups is 1. The van der Waals surface area contributed by atoms with Gasteiger partial charge in [0.05, 0.1) is 6.10 Å². The molecule has 1 fully saturated rings. The number of hydrogen-bond donors (Lipinski definition) is 2. The van der Waals surface area contributed by atoms with Gasteiger partial charge in [-0.15, -0.1) is 0 Å². The standard InChI is InChI=1S/C14H27NO2S/c1-3-12(4-2)13(16)10-15-14(17)9-11-5-7-18-8-6-11/h11-13,16H,3-10H2,1-2H3,(H,15,17). The molecule has 0 spiro atoms. The fourth-order valence-electron chi connectivity index (χ4n) is 2.50. The molecule has 0 radical (unpaired) electrons. The lowest BCUT2D eigenvalue weighted by atomic mass is 9.96. The monoisotopic (exact) mass is 273 g/mol. The van der Waals surface area contributed by atoms with E-state index in [1.165, 1.54) is 11.5 Å². The van der Waals surface area contributed by atoms with Gasteiger partial charge in [-0.2, -0.15) is 11.8 Å². The Morgan fingerprint density at radius 1 is 1.33 bits per heavy atom. The molecule has 106 valence electrons. The molecule has 0 aliphatic carbocycles. The fourth-order valence-corrected chi connectivity index (χ4v) is 3.71. The molecule has 1 atom stereocenters. The SMILES string of the molecule is CCC(CC)C(O)CNC(=O)CC1CCSCC1. The third-order valence-corrected chi connectivity index (χ3v) is 4.96. The van der Waals surface area contributed by atoms with Crippen molar-refractivity contribution >= 4 is 17.7 Å². The van der Waals surface area contributed by atoms with E-state index in [0.717, 1.165) is 25.7 Å². The van der Waals surface area contributed by atoms with Gasteiger partial charge in [0.15, 0.2) is 0 Å². The maximum absolute atomic E-state index is 11.8. The van der Waals surface area contributed by atoms with Crippen molar-refractivity contribution in [3.05, 3.63) is 0 Å². The summed E-state index contributed by atoms with van der Waals surface area (Å²) in [6.07, 6.45) is 4.49. The summed E-state index contributed by atoms with van der Waals surface area (Å²) in [7, 11) is 0. The van der Waals surface area contributed by atoms with Gasteiger partial charge in [0.25, 0.3) is 0 Å². The Balaban J connectivity index is 2.19. The summed E-state index contributed by atoms with van der Waals surface area (Å²) in [6.45, 7) is 4.57. The van der Waals surface area contributed by atoms with Crippen LogP contribution in [0, 0.1) is 11.8 Å². The number of aliphatic hydroxyl groups is 1. The van der Waals surface area contributed by atoms with Crippen LogP contribution in [-0.2, 0) is 4.79 Å². The number of thioether (sulfide) groups is 1. The van der Waals surface area contributed by atoms with Crippen molar-refractivity contribution in [3.63, 3.8) is 0 Å². The molecule has 2 N–H and O–H groups in total. The second kappa shape index (κ2) is 8.81. The lowest BCUT2D eigenvalue weighted by Crippen LogP contribution is -2.37.